The van der Waals surface area contributed by atoms with Gasteiger partial charge in [-0.05, 0) is 43.3 Å². The second-order valence-corrected chi connectivity index (χ2v) is 8.87. The summed E-state index contributed by atoms with van der Waals surface area (Å²) >= 11 is 0. The first kappa shape index (κ1) is 25.5. The lowest BCUT2D eigenvalue weighted by atomic mass is 9.96. The summed E-state index contributed by atoms with van der Waals surface area (Å²) in [6.45, 7) is 14.4. The lowest BCUT2D eigenvalue weighted by Crippen LogP contribution is -2.35. The zero-order chi connectivity index (χ0) is 23.7. The molecule has 0 spiro atoms. The first-order valence-electron chi connectivity index (χ1n) is 11.3. The fraction of sp³-hybridized carbons (Fsp3) is 0.542. The van der Waals surface area contributed by atoms with Crippen molar-refractivity contribution in [3.05, 3.63) is 35.7 Å². The number of hydrogen-bond donors (Lipinski definition) is 3. The maximum Gasteiger partial charge on any atom is 0.267 e. The van der Waals surface area contributed by atoms with Crippen molar-refractivity contribution in [2.45, 2.75) is 54.0 Å². The summed E-state index contributed by atoms with van der Waals surface area (Å²) in [6, 6.07) is 5.90. The number of amides is 2. The molecule has 1 aromatic heterocycles. The molecule has 32 heavy (non-hydrogen) atoms. The third kappa shape index (κ3) is 7.17. The van der Waals surface area contributed by atoms with Gasteiger partial charge in [0.2, 0.25) is 5.91 Å². The summed E-state index contributed by atoms with van der Waals surface area (Å²) in [6.07, 6.45) is 4.48. The lowest BCUT2D eigenvalue weighted by molar-refractivity contribution is -0.128. The minimum atomic E-state index is -0.576. The van der Waals surface area contributed by atoms with E-state index in [1.54, 1.807) is 11.6 Å². The van der Waals surface area contributed by atoms with Gasteiger partial charge in [-0.2, -0.15) is 0 Å². The number of benzene rings is 1. The van der Waals surface area contributed by atoms with Crippen LogP contribution in [0.5, 0.6) is 0 Å². The van der Waals surface area contributed by atoms with Crippen molar-refractivity contribution in [1.82, 2.24) is 25.2 Å². The number of aromatic nitrogens is 2. The number of nitrogens with zero attached hydrogens (tertiary/aromatic N) is 3. The van der Waals surface area contributed by atoms with E-state index in [1.807, 2.05) is 39.0 Å². The Bertz CT molecular complexity index is 939. The number of likely N-dealkylation sites (N-methyl/N-ethyl adjacent to an activating group) is 1. The van der Waals surface area contributed by atoms with Gasteiger partial charge in [-0.3, -0.25) is 14.8 Å². The predicted molar refractivity (Wildman–Crippen MR) is 127 cm³/mol. The number of carbonyl (C=O) groups is 2. The Morgan fingerprint density at radius 3 is 2.56 bits per heavy atom. The van der Waals surface area contributed by atoms with Gasteiger partial charge in [-0.25, -0.2) is 10.5 Å². The maximum absolute atomic E-state index is 12.1. The number of fused-ring (bicyclic) bond motifs is 1. The quantitative estimate of drug-likeness (QED) is 0.215. The van der Waals surface area contributed by atoms with Crippen LogP contribution in [-0.4, -0.2) is 57.7 Å². The Balaban J connectivity index is 2.21. The number of hydrogen-bond acceptors (Lipinski definition) is 5. The highest BCUT2D eigenvalue weighted by molar-refractivity contribution is 5.91. The lowest BCUT2D eigenvalue weighted by Gasteiger charge is -2.19. The summed E-state index contributed by atoms with van der Waals surface area (Å²) in [5, 5.41) is 11.7. The molecule has 0 aliphatic heterocycles. The van der Waals surface area contributed by atoms with Crippen LogP contribution in [0.3, 0.4) is 0 Å². The second-order valence-electron chi connectivity index (χ2n) is 8.87. The molecule has 1 heterocycles. The van der Waals surface area contributed by atoms with Crippen LogP contribution in [0, 0.1) is 5.41 Å². The Kier molecular flexibility index (Phi) is 9.41. The molecule has 3 N–H and O–H groups in total. The van der Waals surface area contributed by atoms with Crippen molar-refractivity contribution >= 4 is 28.9 Å². The molecule has 2 amide bonds. The van der Waals surface area contributed by atoms with Gasteiger partial charge in [-0.1, -0.05) is 40.7 Å². The number of rotatable bonds is 11. The highest BCUT2D eigenvalue weighted by atomic mass is 16.5. The fourth-order valence-electron chi connectivity index (χ4n) is 3.44. The van der Waals surface area contributed by atoms with Crippen LogP contribution in [0.25, 0.3) is 17.1 Å². The van der Waals surface area contributed by atoms with Crippen molar-refractivity contribution in [1.29, 1.82) is 0 Å². The van der Waals surface area contributed by atoms with E-state index in [0.29, 0.717) is 6.54 Å². The van der Waals surface area contributed by atoms with Crippen LogP contribution in [0.4, 0.5) is 0 Å². The zero-order valence-corrected chi connectivity index (χ0v) is 19.9. The molecule has 0 atom stereocenters. The Hall–Kier alpha value is -2.71. The first-order chi connectivity index (χ1) is 15.2. The van der Waals surface area contributed by atoms with Gasteiger partial charge >= 0.3 is 0 Å². The molecule has 0 saturated carbocycles. The average Bonchev–Trinajstić information content (AvgIpc) is 3.11. The molecule has 0 bridgehead atoms. The van der Waals surface area contributed by atoms with E-state index >= 15 is 0 Å². The third-order valence-corrected chi connectivity index (χ3v) is 5.47. The van der Waals surface area contributed by atoms with Gasteiger partial charge in [0, 0.05) is 37.5 Å². The van der Waals surface area contributed by atoms with Crippen LogP contribution in [0.15, 0.2) is 24.3 Å². The molecule has 0 aliphatic carbocycles. The van der Waals surface area contributed by atoms with E-state index in [9.17, 15) is 9.59 Å². The number of carbonyl (C=O) groups excluding carboxylic acids is 2. The summed E-state index contributed by atoms with van der Waals surface area (Å²) < 4.78 is 2.26. The average molecular weight is 444 g/mol. The largest absolute Gasteiger partial charge is 0.356 e. The predicted octanol–water partition coefficient (Wildman–Crippen LogP) is 2.99. The van der Waals surface area contributed by atoms with Gasteiger partial charge < -0.3 is 14.8 Å². The number of imidazole rings is 1. The summed E-state index contributed by atoms with van der Waals surface area (Å²) in [4.78, 5) is 30.6. The van der Waals surface area contributed by atoms with Crippen molar-refractivity contribution in [3.8, 4) is 0 Å². The molecule has 0 radical (unpaired) electrons. The molecule has 0 fully saturated rings. The van der Waals surface area contributed by atoms with E-state index in [4.69, 9.17) is 10.2 Å². The molecule has 0 aliphatic rings. The Labute approximate surface area is 190 Å². The van der Waals surface area contributed by atoms with Crippen LogP contribution in [0.1, 0.15) is 52.4 Å². The first-order valence-corrected chi connectivity index (χ1v) is 11.3. The minimum absolute atomic E-state index is 0.0517. The van der Waals surface area contributed by atoms with Gasteiger partial charge in [-0.15, -0.1) is 0 Å². The van der Waals surface area contributed by atoms with E-state index in [2.05, 4.69) is 28.6 Å². The van der Waals surface area contributed by atoms with Crippen LogP contribution < -0.4 is 10.8 Å². The van der Waals surface area contributed by atoms with E-state index in [-0.39, 0.29) is 5.91 Å². The smallest absolute Gasteiger partial charge is 0.267 e. The Morgan fingerprint density at radius 2 is 1.94 bits per heavy atom. The summed E-state index contributed by atoms with van der Waals surface area (Å²) in [7, 11) is 0. The van der Waals surface area contributed by atoms with Crippen molar-refractivity contribution in [3.63, 3.8) is 0 Å². The van der Waals surface area contributed by atoms with E-state index < -0.39 is 11.3 Å². The SMILES string of the molecule is CCN(CC)CCn1c(CCCNC(=O)C(C)(C)C)nc2cc(/C=C/C(=O)NO)ccc21. The van der Waals surface area contributed by atoms with Gasteiger partial charge in [0.1, 0.15) is 5.82 Å². The van der Waals surface area contributed by atoms with Crippen LogP contribution >= 0.6 is 0 Å². The highest BCUT2D eigenvalue weighted by Gasteiger charge is 2.20. The second kappa shape index (κ2) is 11.8. The third-order valence-electron chi connectivity index (χ3n) is 5.47. The van der Waals surface area contributed by atoms with Crippen molar-refractivity contribution in [2.75, 3.05) is 26.2 Å². The molecular formula is C24H37N5O3. The molecular weight excluding hydrogens is 406 g/mol. The molecule has 1 aromatic carbocycles. The zero-order valence-electron chi connectivity index (χ0n) is 19.9. The molecule has 8 nitrogen and oxygen atoms in total. The van der Waals surface area contributed by atoms with Crippen molar-refractivity contribution < 1.29 is 14.8 Å². The Morgan fingerprint density at radius 1 is 1.22 bits per heavy atom. The fourth-order valence-corrected chi connectivity index (χ4v) is 3.44. The van der Waals surface area contributed by atoms with Gasteiger partial charge in [0.05, 0.1) is 11.0 Å². The normalized spacial score (nSPS) is 12.1. The standard InChI is InChI=1S/C24H37N5O3/c1-6-28(7-2)15-16-29-20-12-10-18(11-13-22(30)27-32)17-19(20)26-21(29)9-8-14-25-23(31)24(3,4)5/h10-13,17,32H,6-9,14-16H2,1-5H3,(H,25,31)(H,27,30)/b13-11+. The molecule has 8 heteroatoms. The van der Waals surface area contributed by atoms with Crippen molar-refractivity contribution in [2.24, 2.45) is 5.41 Å². The van der Waals surface area contributed by atoms with Gasteiger partial charge in [0.15, 0.2) is 0 Å². The minimum Gasteiger partial charge on any atom is -0.356 e. The molecule has 0 saturated heterocycles. The van der Waals surface area contributed by atoms with Crippen LogP contribution in [0.2, 0.25) is 0 Å². The number of nitrogens with one attached hydrogen (secondary N) is 2. The summed E-state index contributed by atoms with van der Waals surface area (Å²) in [5.74, 6) is 0.468. The maximum atomic E-state index is 12.1. The van der Waals surface area contributed by atoms with E-state index in [1.165, 1.54) is 6.08 Å². The summed E-state index contributed by atoms with van der Waals surface area (Å²) in [5.41, 5.74) is 3.94. The molecule has 2 rings (SSSR count). The number of aryl methyl sites for hydroxylation is 1. The monoisotopic (exact) mass is 443 g/mol. The van der Waals surface area contributed by atoms with Gasteiger partial charge in [0.25, 0.3) is 5.91 Å². The topological polar surface area (TPSA) is 99.5 Å². The van der Waals surface area contributed by atoms with E-state index in [0.717, 1.165) is 61.4 Å². The van der Waals surface area contributed by atoms with Crippen LogP contribution in [-0.2, 0) is 22.6 Å². The molecule has 176 valence electrons. The highest BCUT2D eigenvalue weighted by Crippen LogP contribution is 2.20. The molecule has 0 unspecified atom stereocenters. The molecule has 2 aromatic rings. The number of hydroxylamine groups is 1.